The minimum atomic E-state index is 0.0526. The van der Waals surface area contributed by atoms with Crippen LogP contribution in [0.2, 0.25) is 0 Å². The normalized spacial score (nSPS) is 32.5. The van der Waals surface area contributed by atoms with Crippen molar-refractivity contribution in [2.45, 2.75) is 44.4 Å². The van der Waals surface area contributed by atoms with E-state index >= 15 is 0 Å². The first-order valence-electron chi connectivity index (χ1n) is 8.47. The van der Waals surface area contributed by atoms with Crippen molar-refractivity contribution in [2.24, 2.45) is 11.8 Å². The third kappa shape index (κ3) is 2.68. The van der Waals surface area contributed by atoms with Gasteiger partial charge in [-0.15, -0.1) is 0 Å². The molecule has 1 aromatic heterocycles. The third-order valence-electron chi connectivity index (χ3n) is 5.57. The molecule has 0 spiro atoms. The average molecular weight is 304 g/mol. The van der Waals surface area contributed by atoms with Crippen LogP contribution in [-0.2, 0) is 16.1 Å². The SMILES string of the molecule is O=C(NCc1ccco1)[C@H]1CN(C2CCC2)C[C@H]2OCC[C@@H]12. The molecule has 3 aliphatic rings. The van der Waals surface area contributed by atoms with Gasteiger partial charge >= 0.3 is 0 Å². The Morgan fingerprint density at radius 1 is 1.32 bits per heavy atom. The van der Waals surface area contributed by atoms with E-state index < -0.39 is 0 Å². The summed E-state index contributed by atoms with van der Waals surface area (Å²) in [7, 11) is 0. The largest absolute Gasteiger partial charge is 0.467 e. The molecule has 0 bridgehead atoms. The second kappa shape index (κ2) is 6.05. The summed E-state index contributed by atoms with van der Waals surface area (Å²) >= 11 is 0. The maximum Gasteiger partial charge on any atom is 0.225 e. The zero-order valence-electron chi connectivity index (χ0n) is 12.9. The highest BCUT2D eigenvalue weighted by atomic mass is 16.5. The van der Waals surface area contributed by atoms with E-state index in [4.69, 9.17) is 9.15 Å². The number of rotatable bonds is 4. The summed E-state index contributed by atoms with van der Waals surface area (Å²) in [4.78, 5) is 15.2. The summed E-state index contributed by atoms with van der Waals surface area (Å²) in [6, 6.07) is 4.41. The first-order chi connectivity index (χ1) is 10.8. The smallest absolute Gasteiger partial charge is 0.225 e. The minimum Gasteiger partial charge on any atom is -0.467 e. The van der Waals surface area contributed by atoms with Gasteiger partial charge < -0.3 is 14.5 Å². The van der Waals surface area contributed by atoms with Crippen molar-refractivity contribution < 1.29 is 13.9 Å². The van der Waals surface area contributed by atoms with Gasteiger partial charge in [0.05, 0.1) is 24.8 Å². The Balaban J connectivity index is 1.41. The number of likely N-dealkylation sites (tertiary alicyclic amines) is 1. The molecule has 1 amide bonds. The molecule has 3 atom stereocenters. The lowest BCUT2D eigenvalue weighted by Gasteiger charge is -2.46. The second-order valence-corrected chi connectivity index (χ2v) is 6.80. The van der Waals surface area contributed by atoms with Crippen LogP contribution >= 0.6 is 0 Å². The van der Waals surface area contributed by atoms with Gasteiger partial charge in [-0.2, -0.15) is 0 Å². The van der Waals surface area contributed by atoms with Gasteiger partial charge in [-0.3, -0.25) is 9.69 Å². The van der Waals surface area contributed by atoms with E-state index in [2.05, 4.69) is 10.2 Å². The fourth-order valence-electron chi connectivity index (χ4n) is 4.05. The van der Waals surface area contributed by atoms with Crippen LogP contribution in [0.15, 0.2) is 22.8 Å². The molecule has 1 aromatic rings. The van der Waals surface area contributed by atoms with Crippen molar-refractivity contribution in [3.63, 3.8) is 0 Å². The van der Waals surface area contributed by atoms with Crippen molar-refractivity contribution >= 4 is 5.91 Å². The van der Waals surface area contributed by atoms with Crippen LogP contribution in [0, 0.1) is 11.8 Å². The molecule has 1 aliphatic carbocycles. The molecule has 22 heavy (non-hydrogen) atoms. The topological polar surface area (TPSA) is 54.7 Å². The van der Waals surface area contributed by atoms with Crippen molar-refractivity contribution in [1.29, 1.82) is 0 Å². The van der Waals surface area contributed by atoms with Gasteiger partial charge in [0.1, 0.15) is 5.76 Å². The van der Waals surface area contributed by atoms with Crippen molar-refractivity contribution in [2.75, 3.05) is 19.7 Å². The molecule has 120 valence electrons. The predicted molar refractivity (Wildman–Crippen MR) is 81.1 cm³/mol. The number of piperidine rings is 1. The van der Waals surface area contributed by atoms with Gasteiger partial charge in [0.25, 0.3) is 0 Å². The summed E-state index contributed by atoms with van der Waals surface area (Å²) in [5, 5.41) is 3.05. The van der Waals surface area contributed by atoms with E-state index in [1.165, 1.54) is 19.3 Å². The Morgan fingerprint density at radius 2 is 2.23 bits per heavy atom. The van der Waals surface area contributed by atoms with Gasteiger partial charge in [0.2, 0.25) is 5.91 Å². The number of ether oxygens (including phenoxy) is 1. The Kier molecular flexibility index (Phi) is 3.92. The number of amides is 1. The molecule has 2 aliphatic heterocycles. The van der Waals surface area contributed by atoms with E-state index in [-0.39, 0.29) is 17.9 Å². The quantitative estimate of drug-likeness (QED) is 0.921. The molecule has 5 heteroatoms. The monoisotopic (exact) mass is 304 g/mol. The van der Waals surface area contributed by atoms with E-state index in [1.807, 2.05) is 12.1 Å². The number of nitrogens with one attached hydrogen (secondary N) is 1. The van der Waals surface area contributed by atoms with E-state index in [1.54, 1.807) is 6.26 Å². The first kappa shape index (κ1) is 14.3. The summed E-state index contributed by atoms with van der Waals surface area (Å²) in [5.41, 5.74) is 0. The van der Waals surface area contributed by atoms with Gasteiger partial charge in [0, 0.05) is 31.7 Å². The molecule has 1 saturated carbocycles. The number of hydrogen-bond donors (Lipinski definition) is 1. The summed E-state index contributed by atoms with van der Waals surface area (Å²) in [6.07, 6.45) is 6.78. The standard InChI is InChI=1S/C17H24N2O3/c20-17(18-9-13-5-2-7-21-13)15-10-19(12-3-1-4-12)11-16-14(15)6-8-22-16/h2,5,7,12,14-16H,1,3-4,6,8-11H2,(H,18,20)/t14-,15-,16+/m0/s1. The van der Waals surface area contributed by atoms with Gasteiger partial charge in [-0.05, 0) is 31.4 Å². The van der Waals surface area contributed by atoms with Crippen molar-refractivity contribution in [3.8, 4) is 0 Å². The lowest BCUT2D eigenvalue weighted by Crippen LogP contribution is -2.56. The fourth-order valence-corrected chi connectivity index (χ4v) is 4.05. The lowest BCUT2D eigenvalue weighted by molar-refractivity contribution is -0.132. The van der Waals surface area contributed by atoms with Gasteiger partial charge in [-0.1, -0.05) is 6.42 Å². The fraction of sp³-hybridized carbons (Fsp3) is 0.706. The highest BCUT2D eigenvalue weighted by Crippen LogP contribution is 2.37. The average Bonchev–Trinajstić information content (AvgIpc) is 3.13. The lowest BCUT2D eigenvalue weighted by atomic mass is 9.79. The molecule has 3 heterocycles. The molecule has 5 nitrogen and oxygen atoms in total. The number of carbonyl (C=O) groups is 1. The highest BCUT2D eigenvalue weighted by Gasteiger charge is 2.45. The van der Waals surface area contributed by atoms with E-state index in [0.29, 0.717) is 18.5 Å². The van der Waals surface area contributed by atoms with Crippen LogP contribution in [0.5, 0.6) is 0 Å². The molecule has 2 saturated heterocycles. The maximum atomic E-state index is 12.7. The molecule has 1 N–H and O–H groups in total. The highest BCUT2D eigenvalue weighted by molar-refractivity contribution is 5.79. The van der Waals surface area contributed by atoms with Crippen LogP contribution in [0.1, 0.15) is 31.4 Å². The Morgan fingerprint density at radius 3 is 2.95 bits per heavy atom. The molecule has 0 aromatic carbocycles. The van der Waals surface area contributed by atoms with Crippen molar-refractivity contribution in [1.82, 2.24) is 10.2 Å². The van der Waals surface area contributed by atoms with Gasteiger partial charge in [0.15, 0.2) is 0 Å². The first-order valence-corrected chi connectivity index (χ1v) is 8.47. The number of hydrogen-bond acceptors (Lipinski definition) is 4. The Bertz CT molecular complexity index is 512. The molecule has 3 fully saturated rings. The second-order valence-electron chi connectivity index (χ2n) is 6.80. The van der Waals surface area contributed by atoms with Crippen LogP contribution < -0.4 is 5.32 Å². The van der Waals surface area contributed by atoms with Crippen LogP contribution in [0.3, 0.4) is 0 Å². The Labute approximate surface area is 131 Å². The van der Waals surface area contributed by atoms with Gasteiger partial charge in [-0.25, -0.2) is 0 Å². The predicted octanol–water partition coefficient (Wildman–Crippen LogP) is 1.79. The van der Waals surface area contributed by atoms with Crippen LogP contribution in [-0.4, -0.2) is 42.6 Å². The van der Waals surface area contributed by atoms with Crippen molar-refractivity contribution in [3.05, 3.63) is 24.2 Å². The third-order valence-corrected chi connectivity index (χ3v) is 5.57. The minimum absolute atomic E-state index is 0.0526. The number of furan rings is 1. The van der Waals surface area contributed by atoms with Crippen LogP contribution in [0.25, 0.3) is 0 Å². The summed E-state index contributed by atoms with van der Waals surface area (Å²) in [5.74, 6) is 1.39. The Hall–Kier alpha value is -1.33. The molecular formula is C17H24N2O3. The van der Waals surface area contributed by atoms with E-state index in [9.17, 15) is 4.79 Å². The maximum absolute atomic E-state index is 12.7. The zero-order valence-corrected chi connectivity index (χ0v) is 12.9. The van der Waals surface area contributed by atoms with Crippen LogP contribution in [0.4, 0.5) is 0 Å². The number of nitrogens with zero attached hydrogens (tertiary/aromatic N) is 1. The number of fused-ring (bicyclic) bond motifs is 1. The number of carbonyl (C=O) groups excluding carboxylic acids is 1. The summed E-state index contributed by atoms with van der Waals surface area (Å²) in [6.45, 7) is 3.18. The molecule has 0 radical (unpaired) electrons. The molecule has 0 unspecified atom stereocenters. The zero-order chi connectivity index (χ0) is 14.9. The molecular weight excluding hydrogens is 280 g/mol. The summed E-state index contributed by atoms with van der Waals surface area (Å²) < 4.78 is 11.2. The van der Waals surface area contributed by atoms with E-state index in [0.717, 1.165) is 31.9 Å². The molecule has 4 rings (SSSR count).